The van der Waals surface area contributed by atoms with E-state index in [4.69, 9.17) is 9.47 Å². The van der Waals surface area contributed by atoms with Crippen LogP contribution in [0.3, 0.4) is 0 Å². The number of fused-ring (bicyclic) bond motifs is 7. The highest BCUT2D eigenvalue weighted by Gasteiger charge is 2.70. The number of aliphatic hydroxyl groups excluding tert-OH is 2. The topological polar surface area (TPSA) is 58.9 Å². The normalized spacial score (nSPS) is 63.3. The number of ether oxygens (including phenoxy) is 2. The van der Waals surface area contributed by atoms with Gasteiger partial charge in [0.2, 0.25) is 0 Å². The highest BCUT2D eigenvalue weighted by Crippen LogP contribution is 2.71. The molecule has 4 aliphatic carbocycles. The zero-order valence-electron chi connectivity index (χ0n) is 20.1. The molecule has 176 valence electrons. The molecular formula is C27H44O4. The van der Waals surface area contributed by atoms with Crippen molar-refractivity contribution >= 4 is 0 Å². The highest BCUT2D eigenvalue weighted by molar-refractivity contribution is 5.17. The van der Waals surface area contributed by atoms with Gasteiger partial charge in [-0.15, -0.1) is 0 Å². The summed E-state index contributed by atoms with van der Waals surface area (Å²) in [6, 6.07) is 0. The summed E-state index contributed by atoms with van der Waals surface area (Å²) in [5.74, 6) is 3.40. The SMILES string of the molecule is CC1CC[C@]2(OC1)OC1CC3C4CC[C@@H]5CC(O)CC[C@]5(C)C4[C@@H](O)C[C@@]3(C)C1[C@H]2C. The van der Waals surface area contributed by atoms with E-state index in [1.54, 1.807) is 0 Å². The second-order valence-corrected chi connectivity index (χ2v) is 13.3. The van der Waals surface area contributed by atoms with Crippen molar-refractivity contribution in [2.45, 2.75) is 110 Å². The zero-order chi connectivity index (χ0) is 21.8. The Morgan fingerprint density at radius 3 is 2.42 bits per heavy atom. The molecule has 0 aromatic carbocycles. The van der Waals surface area contributed by atoms with Crippen LogP contribution in [0.5, 0.6) is 0 Å². The first-order valence-corrected chi connectivity index (χ1v) is 13.4. The van der Waals surface area contributed by atoms with Crippen LogP contribution in [0.25, 0.3) is 0 Å². The van der Waals surface area contributed by atoms with Crippen LogP contribution in [-0.4, -0.2) is 40.9 Å². The van der Waals surface area contributed by atoms with Crippen LogP contribution in [0.2, 0.25) is 0 Å². The molecule has 0 bridgehead atoms. The molecule has 2 aliphatic heterocycles. The second-order valence-electron chi connectivity index (χ2n) is 13.3. The van der Waals surface area contributed by atoms with Crippen molar-refractivity contribution in [3.8, 4) is 0 Å². The van der Waals surface area contributed by atoms with Crippen molar-refractivity contribution in [2.24, 2.45) is 52.3 Å². The van der Waals surface area contributed by atoms with Gasteiger partial charge in [0.05, 0.1) is 24.9 Å². The molecule has 13 atom stereocenters. The Balaban J connectivity index is 1.29. The minimum Gasteiger partial charge on any atom is -0.393 e. The van der Waals surface area contributed by atoms with Crippen molar-refractivity contribution in [3.05, 3.63) is 0 Å². The fraction of sp³-hybridized carbons (Fsp3) is 1.00. The Kier molecular flexibility index (Phi) is 4.78. The zero-order valence-corrected chi connectivity index (χ0v) is 20.1. The molecule has 0 radical (unpaired) electrons. The van der Waals surface area contributed by atoms with E-state index in [0.717, 1.165) is 45.1 Å². The fourth-order valence-electron chi connectivity index (χ4n) is 10.4. The van der Waals surface area contributed by atoms with Crippen molar-refractivity contribution in [1.29, 1.82) is 0 Å². The molecule has 4 saturated carbocycles. The van der Waals surface area contributed by atoms with E-state index in [1.807, 2.05) is 0 Å². The Bertz CT molecular complexity index is 716. The monoisotopic (exact) mass is 432 g/mol. The summed E-state index contributed by atoms with van der Waals surface area (Å²) in [7, 11) is 0. The van der Waals surface area contributed by atoms with Gasteiger partial charge >= 0.3 is 0 Å². The quantitative estimate of drug-likeness (QED) is 0.579. The van der Waals surface area contributed by atoms with Gasteiger partial charge in [-0.2, -0.15) is 0 Å². The molecule has 2 saturated heterocycles. The average molecular weight is 433 g/mol. The van der Waals surface area contributed by atoms with Gasteiger partial charge < -0.3 is 19.7 Å². The largest absolute Gasteiger partial charge is 0.393 e. The summed E-state index contributed by atoms with van der Waals surface area (Å²) in [6.45, 7) is 10.4. The van der Waals surface area contributed by atoms with Crippen LogP contribution in [0, 0.1) is 52.3 Å². The van der Waals surface area contributed by atoms with Gasteiger partial charge in [0, 0.05) is 12.3 Å². The number of hydrogen-bond donors (Lipinski definition) is 2. The summed E-state index contributed by atoms with van der Waals surface area (Å²) in [5, 5.41) is 22.0. The number of rotatable bonds is 0. The third-order valence-corrected chi connectivity index (χ3v) is 11.8. The fourth-order valence-corrected chi connectivity index (χ4v) is 10.4. The molecular weight excluding hydrogens is 388 g/mol. The summed E-state index contributed by atoms with van der Waals surface area (Å²) < 4.78 is 13.3. The molecule has 31 heavy (non-hydrogen) atoms. The van der Waals surface area contributed by atoms with Crippen LogP contribution < -0.4 is 0 Å². The molecule has 6 rings (SSSR count). The van der Waals surface area contributed by atoms with E-state index in [-0.39, 0.29) is 28.8 Å². The van der Waals surface area contributed by atoms with Gasteiger partial charge in [0.1, 0.15) is 0 Å². The molecule has 6 fully saturated rings. The van der Waals surface area contributed by atoms with E-state index < -0.39 is 0 Å². The van der Waals surface area contributed by atoms with E-state index in [9.17, 15) is 10.2 Å². The molecule has 0 aromatic rings. The Morgan fingerprint density at radius 1 is 0.871 bits per heavy atom. The molecule has 4 heteroatoms. The minimum absolute atomic E-state index is 0.130. The van der Waals surface area contributed by atoms with Gasteiger partial charge in [-0.25, -0.2) is 0 Å². The Hall–Kier alpha value is -0.160. The van der Waals surface area contributed by atoms with Gasteiger partial charge in [-0.1, -0.05) is 27.7 Å². The first-order valence-electron chi connectivity index (χ1n) is 13.4. The minimum atomic E-state index is -0.374. The molecule has 6 aliphatic rings. The van der Waals surface area contributed by atoms with E-state index >= 15 is 0 Å². The van der Waals surface area contributed by atoms with Crippen LogP contribution >= 0.6 is 0 Å². The van der Waals surface area contributed by atoms with Crippen LogP contribution in [-0.2, 0) is 9.47 Å². The van der Waals surface area contributed by atoms with E-state index in [2.05, 4.69) is 27.7 Å². The third-order valence-electron chi connectivity index (χ3n) is 11.8. The predicted molar refractivity (Wildman–Crippen MR) is 119 cm³/mol. The third kappa shape index (κ3) is 2.80. The maximum atomic E-state index is 11.7. The molecule has 2 N–H and O–H groups in total. The van der Waals surface area contributed by atoms with Crippen molar-refractivity contribution in [3.63, 3.8) is 0 Å². The second kappa shape index (κ2) is 6.93. The summed E-state index contributed by atoms with van der Waals surface area (Å²) in [4.78, 5) is 0. The maximum absolute atomic E-state index is 11.7. The summed E-state index contributed by atoms with van der Waals surface area (Å²) in [6.07, 6.45) is 9.63. The van der Waals surface area contributed by atoms with Gasteiger partial charge in [-0.05, 0) is 97.7 Å². The lowest BCUT2D eigenvalue weighted by Gasteiger charge is -2.62. The lowest BCUT2D eigenvalue weighted by molar-refractivity contribution is -0.274. The van der Waals surface area contributed by atoms with E-state index in [1.165, 1.54) is 19.3 Å². The first kappa shape index (κ1) is 21.4. The number of aliphatic hydroxyl groups is 2. The lowest BCUT2D eigenvalue weighted by atomic mass is 9.43. The van der Waals surface area contributed by atoms with Crippen molar-refractivity contribution in [2.75, 3.05) is 6.61 Å². The van der Waals surface area contributed by atoms with Gasteiger partial charge in [0.25, 0.3) is 0 Å². The Labute approximate surface area is 188 Å². The van der Waals surface area contributed by atoms with Crippen LogP contribution in [0.4, 0.5) is 0 Å². The van der Waals surface area contributed by atoms with Gasteiger partial charge in [0.15, 0.2) is 5.79 Å². The highest BCUT2D eigenvalue weighted by atomic mass is 16.7. The maximum Gasteiger partial charge on any atom is 0.171 e. The van der Waals surface area contributed by atoms with Crippen molar-refractivity contribution < 1.29 is 19.7 Å². The number of hydrogen-bond acceptors (Lipinski definition) is 4. The Morgan fingerprint density at radius 2 is 1.68 bits per heavy atom. The van der Waals surface area contributed by atoms with E-state index in [0.29, 0.717) is 47.5 Å². The van der Waals surface area contributed by atoms with Crippen molar-refractivity contribution in [1.82, 2.24) is 0 Å². The lowest BCUT2D eigenvalue weighted by Crippen LogP contribution is -2.59. The summed E-state index contributed by atoms with van der Waals surface area (Å²) >= 11 is 0. The molecule has 0 amide bonds. The van der Waals surface area contributed by atoms with Crippen LogP contribution in [0.15, 0.2) is 0 Å². The molecule has 2 heterocycles. The molecule has 4 nitrogen and oxygen atoms in total. The summed E-state index contributed by atoms with van der Waals surface area (Å²) in [5.41, 5.74) is 0.342. The molecule has 1 spiro atoms. The van der Waals surface area contributed by atoms with Gasteiger partial charge in [-0.3, -0.25) is 0 Å². The molecule has 0 aromatic heterocycles. The first-order chi connectivity index (χ1) is 14.7. The standard InChI is InChI=1S/C27H44O4/c1-15-7-10-27(30-14-15)16(2)23-22(31-27)12-20-19-6-5-17-11-18(28)8-9-25(17,3)24(19)21(29)13-26(20,23)4/h15-24,28-29H,5-14H2,1-4H3/t15?,16-,17-,18?,19?,20?,21+,22?,23?,24?,25+,26-,27+/m1/s1. The average Bonchev–Trinajstić information content (AvgIpc) is 3.15. The predicted octanol–water partition coefficient (Wildman–Crippen LogP) is 4.76. The smallest absolute Gasteiger partial charge is 0.171 e. The molecule has 7 unspecified atom stereocenters. The van der Waals surface area contributed by atoms with Crippen LogP contribution in [0.1, 0.15) is 85.5 Å².